The Morgan fingerprint density at radius 2 is 0.892 bits per heavy atom. The van der Waals surface area contributed by atoms with Crippen molar-refractivity contribution in [1.29, 1.82) is 0 Å². The molecule has 1 aliphatic rings. The van der Waals surface area contributed by atoms with Gasteiger partial charge in [-0.25, -0.2) is 0 Å². The average Bonchev–Trinajstić information content (AvgIpc) is 3.59. The first-order valence-corrected chi connectivity index (χ1v) is 29.8. The monoisotopic (exact) mass is 1100 g/mol. The fraction of sp³-hybridized carbons (Fsp3) is 0.372. The zero-order valence-electron chi connectivity index (χ0n) is 55.0. The number of fused-ring (bicyclic) bond motifs is 2. The van der Waals surface area contributed by atoms with Crippen LogP contribution in [-0.4, -0.2) is 26.2 Å². The summed E-state index contributed by atoms with van der Waals surface area (Å²) >= 11 is 0. The van der Waals surface area contributed by atoms with E-state index in [1.165, 1.54) is 100 Å². The van der Waals surface area contributed by atoms with Crippen LogP contribution in [0, 0.1) is 55.4 Å². The fourth-order valence-corrected chi connectivity index (χ4v) is 10.3. The van der Waals surface area contributed by atoms with Gasteiger partial charge in [-0.05, 0) is 208 Å². The van der Waals surface area contributed by atoms with Crippen LogP contribution in [0.2, 0.25) is 0 Å². The minimum atomic E-state index is 0.148. The van der Waals surface area contributed by atoms with Crippen LogP contribution >= 0.6 is 0 Å². The molecule has 5 heteroatoms. The van der Waals surface area contributed by atoms with Gasteiger partial charge < -0.3 is 0 Å². The molecule has 0 saturated carbocycles. The maximum absolute atomic E-state index is 4.45. The summed E-state index contributed by atoms with van der Waals surface area (Å²) in [6.45, 7) is 51.2. The van der Waals surface area contributed by atoms with E-state index in [0.29, 0.717) is 0 Å². The zero-order chi connectivity index (χ0) is 61.4. The van der Waals surface area contributed by atoms with Crippen molar-refractivity contribution >= 4 is 22.9 Å². The van der Waals surface area contributed by atoms with Gasteiger partial charge >= 0.3 is 0 Å². The van der Waals surface area contributed by atoms with Gasteiger partial charge in [0.05, 0.1) is 28.1 Å². The highest BCUT2D eigenvalue weighted by Gasteiger charge is 2.21. The van der Waals surface area contributed by atoms with Gasteiger partial charge in [0.25, 0.3) is 0 Å². The standard InChI is InChI=1S/C22H30.C18H22.C14H16N2.C12H14N2.C12H15N/c1-13-10-14(2)18(6)21(17(13)5)19-11-16(4)20(12-15(19)3)22(7,8)9;1-13-10-14(2)12-16(11-13)15-6-8-17(9-7-15)18(3,4)5;1-14(2,3)11-7-8-13(16-10-11)12-6-4-5-9-15-12;1-12(2,3)9-4-5-10-11(8-9)14-7-6-13-10;1-12(2,3)10-4-5-11-9(8-10)6-7-13-11/h10-12H,1-9H3;6-12H,1-5H3;4-10H,1-3H3;4-8H,1-3H3;4-5,7-8H,6H2,1-3H3. The largest absolute Gasteiger partial charge is 0.261 e. The maximum Gasteiger partial charge on any atom is 0.0889 e. The fourth-order valence-electron chi connectivity index (χ4n) is 10.3. The highest BCUT2D eigenvalue weighted by atomic mass is 14.8. The summed E-state index contributed by atoms with van der Waals surface area (Å²) in [6, 6.07) is 45.6. The molecule has 0 amide bonds. The molecule has 0 saturated heterocycles. The Morgan fingerprint density at radius 1 is 0.361 bits per heavy atom. The van der Waals surface area contributed by atoms with E-state index in [1.807, 2.05) is 42.7 Å². The Labute approximate surface area is 501 Å². The summed E-state index contributed by atoms with van der Waals surface area (Å²) in [6.07, 6.45) is 10.2. The summed E-state index contributed by atoms with van der Waals surface area (Å²) < 4.78 is 0. The Kier molecular flexibility index (Phi) is 20.7. The summed E-state index contributed by atoms with van der Waals surface area (Å²) in [7, 11) is 0. The van der Waals surface area contributed by atoms with E-state index in [1.54, 1.807) is 18.6 Å². The lowest BCUT2D eigenvalue weighted by Gasteiger charge is -2.25. The summed E-state index contributed by atoms with van der Waals surface area (Å²) in [5, 5.41) is 0. The third-order valence-corrected chi connectivity index (χ3v) is 15.7. The molecule has 0 bridgehead atoms. The molecule has 83 heavy (non-hydrogen) atoms. The first-order valence-electron chi connectivity index (χ1n) is 29.8. The Balaban J connectivity index is 0.000000169. The molecule has 434 valence electrons. The number of rotatable bonds is 3. The molecule has 5 nitrogen and oxygen atoms in total. The SMILES string of the molecule is CC(C)(C)c1ccc(-c2ccccn2)nc1.CC(C)(C)c1ccc2c(c1)CC=N2.CC(C)(C)c1ccc2nccnc2c1.Cc1cc(C(C)(C)C)c(C)cc1-c1c(C)c(C)cc(C)c1C.Cc1cc(C)cc(-c2ccc(C(C)(C)C)cc2)c1. The van der Waals surface area contributed by atoms with E-state index >= 15 is 0 Å². The number of aryl methyl sites for hydroxylation is 6. The van der Waals surface area contributed by atoms with Crippen LogP contribution in [0.15, 0.2) is 157 Å². The van der Waals surface area contributed by atoms with Crippen molar-refractivity contribution < 1.29 is 0 Å². The number of aromatic nitrogens is 4. The lowest BCUT2D eigenvalue weighted by Crippen LogP contribution is -2.13. The quantitative estimate of drug-likeness (QED) is 0.177. The van der Waals surface area contributed by atoms with Crippen LogP contribution in [0.25, 0.3) is 44.7 Å². The molecule has 9 aromatic rings. The van der Waals surface area contributed by atoms with E-state index in [9.17, 15) is 0 Å². The number of aliphatic imine (C=N–C) groups is 1. The average molecular weight is 1100 g/mol. The number of nitrogens with zero attached hydrogens (tertiary/aromatic N) is 5. The van der Waals surface area contributed by atoms with Crippen molar-refractivity contribution in [3.05, 3.63) is 230 Å². The second kappa shape index (κ2) is 26.5. The van der Waals surface area contributed by atoms with E-state index in [-0.39, 0.29) is 27.1 Å². The van der Waals surface area contributed by atoms with Crippen molar-refractivity contribution in [3.63, 3.8) is 0 Å². The molecule has 0 N–H and O–H groups in total. The molecule has 0 aliphatic carbocycles. The van der Waals surface area contributed by atoms with Gasteiger partial charge in [0.15, 0.2) is 0 Å². The van der Waals surface area contributed by atoms with Crippen molar-refractivity contribution in [2.75, 3.05) is 0 Å². The number of benzene rings is 6. The predicted octanol–water partition coefficient (Wildman–Crippen LogP) is 21.4. The van der Waals surface area contributed by atoms with E-state index in [0.717, 1.165) is 34.5 Å². The third-order valence-electron chi connectivity index (χ3n) is 15.7. The zero-order valence-corrected chi connectivity index (χ0v) is 55.0. The van der Waals surface area contributed by atoms with Crippen molar-refractivity contribution in [2.45, 2.75) is 193 Å². The summed E-state index contributed by atoms with van der Waals surface area (Å²) in [4.78, 5) is 21.6. The molecule has 0 radical (unpaired) electrons. The Morgan fingerprint density at radius 3 is 1.42 bits per heavy atom. The highest BCUT2D eigenvalue weighted by molar-refractivity contribution is 5.78. The minimum absolute atomic E-state index is 0.148. The van der Waals surface area contributed by atoms with Crippen LogP contribution in [0.3, 0.4) is 0 Å². The van der Waals surface area contributed by atoms with Gasteiger partial charge in [0.1, 0.15) is 0 Å². The smallest absolute Gasteiger partial charge is 0.0889 e. The van der Waals surface area contributed by atoms with Gasteiger partial charge in [-0.3, -0.25) is 24.9 Å². The highest BCUT2D eigenvalue weighted by Crippen LogP contribution is 2.38. The van der Waals surface area contributed by atoms with E-state index in [2.05, 4.69) is 281 Å². The molecule has 1 aliphatic heterocycles. The second-order valence-electron chi connectivity index (χ2n) is 28.1. The number of hydrogen-bond donors (Lipinski definition) is 0. The molecular formula is C78H97N5. The molecule has 0 fully saturated rings. The molecular weight excluding hydrogens is 1010 g/mol. The minimum Gasteiger partial charge on any atom is -0.261 e. The van der Waals surface area contributed by atoms with Crippen LogP contribution in [0.4, 0.5) is 5.69 Å². The number of pyridine rings is 2. The van der Waals surface area contributed by atoms with Crippen LogP contribution in [0.1, 0.15) is 182 Å². The van der Waals surface area contributed by atoms with Crippen molar-refractivity contribution in [1.82, 2.24) is 19.9 Å². The summed E-state index contributed by atoms with van der Waals surface area (Å²) in [5.74, 6) is 0. The maximum atomic E-state index is 4.45. The molecule has 0 spiro atoms. The van der Waals surface area contributed by atoms with Gasteiger partial charge in [0.2, 0.25) is 0 Å². The van der Waals surface area contributed by atoms with Crippen LogP contribution in [0.5, 0.6) is 0 Å². The van der Waals surface area contributed by atoms with Gasteiger partial charge in [-0.1, -0.05) is 206 Å². The summed E-state index contributed by atoms with van der Waals surface area (Å²) in [5.41, 5.74) is 30.5. The van der Waals surface area contributed by atoms with E-state index < -0.39 is 0 Å². The third kappa shape index (κ3) is 17.6. The lowest BCUT2D eigenvalue weighted by molar-refractivity contribution is 0.585. The van der Waals surface area contributed by atoms with Crippen molar-refractivity contribution in [2.24, 2.45) is 4.99 Å². The first kappa shape index (κ1) is 64.8. The lowest BCUT2D eigenvalue weighted by atomic mass is 9.80. The van der Waals surface area contributed by atoms with Gasteiger partial charge in [-0.15, -0.1) is 0 Å². The Hall–Kier alpha value is -7.37. The van der Waals surface area contributed by atoms with Crippen LogP contribution < -0.4 is 0 Å². The molecule has 3 aromatic heterocycles. The van der Waals surface area contributed by atoms with Crippen LogP contribution in [-0.2, 0) is 33.5 Å². The second-order valence-corrected chi connectivity index (χ2v) is 28.1. The predicted molar refractivity (Wildman–Crippen MR) is 360 cm³/mol. The van der Waals surface area contributed by atoms with E-state index in [4.69, 9.17) is 0 Å². The van der Waals surface area contributed by atoms with Gasteiger partial charge in [-0.2, -0.15) is 0 Å². The van der Waals surface area contributed by atoms with Gasteiger partial charge in [0, 0.05) is 37.4 Å². The van der Waals surface area contributed by atoms with Crippen molar-refractivity contribution in [3.8, 4) is 33.6 Å². The molecule has 10 rings (SSSR count). The normalized spacial score (nSPS) is 12.2. The first-order chi connectivity index (χ1) is 38.6. The molecule has 4 heterocycles. The molecule has 0 unspecified atom stereocenters. The molecule has 0 atom stereocenters. The number of hydrogen-bond acceptors (Lipinski definition) is 5. The topological polar surface area (TPSA) is 63.9 Å². The Bertz CT molecular complexity index is 3610. The molecule has 6 aromatic carbocycles.